The standard InChI is InChI=1S/C23H23ClNO7P/c1-29-19-13-21(22-3-2-12-30-22)25(14-23(26)27)33(28,31-15-19)20-10-8-18(9-11-20)32-17-6-4-16(24)5-7-17/h2-12,19,21H,13-15H2,1H3,(H,26,27). The summed E-state index contributed by atoms with van der Waals surface area (Å²) in [5.74, 6) is 0.475. The molecule has 33 heavy (non-hydrogen) atoms. The summed E-state index contributed by atoms with van der Waals surface area (Å²) in [4.78, 5) is 11.7. The Labute approximate surface area is 196 Å². The van der Waals surface area contributed by atoms with Crippen LogP contribution in [0.5, 0.6) is 11.5 Å². The van der Waals surface area contributed by atoms with E-state index in [9.17, 15) is 14.5 Å². The topological polar surface area (TPSA) is 98.4 Å². The molecule has 1 fully saturated rings. The fraction of sp³-hybridized carbons (Fsp3) is 0.261. The Hall–Kier alpha value is -2.61. The van der Waals surface area contributed by atoms with Crippen molar-refractivity contribution in [3.8, 4) is 11.5 Å². The number of carboxylic acid groups (broad SMARTS) is 1. The van der Waals surface area contributed by atoms with E-state index in [1.807, 2.05) is 0 Å². The summed E-state index contributed by atoms with van der Waals surface area (Å²) in [6, 6.07) is 16.3. The lowest BCUT2D eigenvalue weighted by Crippen LogP contribution is -2.34. The Morgan fingerprint density at radius 2 is 1.82 bits per heavy atom. The minimum Gasteiger partial charge on any atom is -0.480 e. The molecule has 0 spiro atoms. The van der Waals surface area contributed by atoms with Crippen molar-refractivity contribution in [1.29, 1.82) is 0 Å². The number of nitrogens with zero attached hydrogens (tertiary/aromatic N) is 1. The first-order valence-electron chi connectivity index (χ1n) is 10.2. The zero-order valence-electron chi connectivity index (χ0n) is 17.8. The number of aliphatic carboxylic acids is 1. The molecule has 0 radical (unpaired) electrons. The Balaban J connectivity index is 1.68. The summed E-state index contributed by atoms with van der Waals surface area (Å²) in [5, 5.41) is 10.5. The first kappa shape index (κ1) is 23.5. The van der Waals surface area contributed by atoms with E-state index in [-0.39, 0.29) is 12.7 Å². The molecule has 10 heteroatoms. The zero-order chi connectivity index (χ0) is 23.4. The van der Waals surface area contributed by atoms with E-state index in [2.05, 4.69) is 0 Å². The third kappa shape index (κ3) is 5.32. The number of ether oxygens (including phenoxy) is 2. The third-order valence-electron chi connectivity index (χ3n) is 5.33. The maximum Gasteiger partial charge on any atom is 0.318 e. The number of hydrogen-bond donors (Lipinski definition) is 1. The molecule has 0 aliphatic carbocycles. The number of hydrogen-bond acceptors (Lipinski definition) is 6. The van der Waals surface area contributed by atoms with Crippen LogP contribution in [0, 0.1) is 0 Å². The maximum absolute atomic E-state index is 14.3. The quantitative estimate of drug-likeness (QED) is 0.455. The van der Waals surface area contributed by atoms with Gasteiger partial charge in [-0.15, -0.1) is 0 Å². The van der Waals surface area contributed by atoms with Gasteiger partial charge in [-0.1, -0.05) is 11.6 Å². The summed E-state index contributed by atoms with van der Waals surface area (Å²) in [5.41, 5.74) is 0. The minimum atomic E-state index is -3.79. The summed E-state index contributed by atoms with van der Waals surface area (Å²) in [7, 11) is -2.25. The van der Waals surface area contributed by atoms with Gasteiger partial charge in [0.2, 0.25) is 0 Å². The van der Waals surface area contributed by atoms with Crippen molar-refractivity contribution >= 4 is 30.4 Å². The van der Waals surface area contributed by atoms with Crippen LogP contribution < -0.4 is 10.0 Å². The molecule has 3 aromatic rings. The molecule has 0 saturated carbocycles. The molecule has 1 aliphatic heterocycles. The number of carbonyl (C=O) groups is 1. The maximum atomic E-state index is 14.3. The van der Waals surface area contributed by atoms with E-state index in [0.29, 0.717) is 34.0 Å². The number of halogens is 1. The van der Waals surface area contributed by atoms with Crippen LogP contribution >= 0.6 is 19.1 Å². The summed E-state index contributed by atoms with van der Waals surface area (Å²) in [6.45, 7) is -0.452. The van der Waals surface area contributed by atoms with Crippen LogP contribution in [0.25, 0.3) is 0 Å². The largest absolute Gasteiger partial charge is 0.480 e. The Kier molecular flexibility index (Phi) is 7.22. The third-order valence-corrected chi connectivity index (χ3v) is 8.13. The molecule has 2 heterocycles. The van der Waals surface area contributed by atoms with Crippen LogP contribution in [0.15, 0.2) is 71.3 Å². The number of furan rings is 1. The molecule has 4 rings (SSSR count). The number of methoxy groups -OCH3 is 1. The van der Waals surface area contributed by atoms with Crippen molar-refractivity contribution < 1.29 is 32.9 Å². The van der Waals surface area contributed by atoms with Gasteiger partial charge in [-0.05, 0) is 67.1 Å². The molecular weight excluding hydrogens is 469 g/mol. The van der Waals surface area contributed by atoms with Crippen molar-refractivity contribution in [3.63, 3.8) is 0 Å². The van der Waals surface area contributed by atoms with Gasteiger partial charge in [0, 0.05) is 12.1 Å². The van der Waals surface area contributed by atoms with Gasteiger partial charge in [0.05, 0.1) is 30.3 Å². The van der Waals surface area contributed by atoms with Gasteiger partial charge >= 0.3 is 13.5 Å². The second-order valence-corrected chi connectivity index (χ2v) is 10.2. The predicted octanol–water partition coefficient (Wildman–Crippen LogP) is 5.11. The van der Waals surface area contributed by atoms with Crippen LogP contribution in [0.1, 0.15) is 18.2 Å². The number of rotatable bonds is 7. The van der Waals surface area contributed by atoms with Crippen LogP contribution in [-0.4, -0.2) is 42.1 Å². The Morgan fingerprint density at radius 3 is 2.39 bits per heavy atom. The van der Waals surface area contributed by atoms with Crippen LogP contribution in [-0.2, 0) is 18.6 Å². The van der Waals surface area contributed by atoms with E-state index in [1.54, 1.807) is 60.7 Å². The Morgan fingerprint density at radius 1 is 1.15 bits per heavy atom. The second kappa shape index (κ2) is 10.1. The lowest BCUT2D eigenvalue weighted by atomic mass is 10.1. The smallest absolute Gasteiger partial charge is 0.318 e. The fourth-order valence-corrected chi connectivity index (χ4v) is 6.19. The van der Waals surface area contributed by atoms with Gasteiger partial charge in [0.25, 0.3) is 0 Å². The van der Waals surface area contributed by atoms with Gasteiger partial charge < -0.3 is 23.5 Å². The molecule has 0 amide bonds. The van der Waals surface area contributed by atoms with Gasteiger partial charge in [0.15, 0.2) is 0 Å². The average Bonchev–Trinajstić information content (AvgIpc) is 3.30. The van der Waals surface area contributed by atoms with E-state index >= 15 is 0 Å². The van der Waals surface area contributed by atoms with Crippen molar-refractivity contribution in [3.05, 3.63) is 77.7 Å². The predicted molar refractivity (Wildman–Crippen MR) is 122 cm³/mol. The highest BCUT2D eigenvalue weighted by molar-refractivity contribution is 7.64. The van der Waals surface area contributed by atoms with Crippen molar-refractivity contribution in [1.82, 2.24) is 4.67 Å². The van der Waals surface area contributed by atoms with E-state index in [4.69, 9.17) is 30.0 Å². The first-order chi connectivity index (χ1) is 15.9. The minimum absolute atomic E-state index is 0.0458. The SMILES string of the molecule is COC1COP(=O)(c2ccc(Oc3ccc(Cl)cc3)cc2)N(CC(=O)O)C(c2ccco2)C1. The molecule has 1 saturated heterocycles. The van der Waals surface area contributed by atoms with Crippen LogP contribution in [0.4, 0.5) is 0 Å². The van der Waals surface area contributed by atoms with Gasteiger partial charge in [-0.3, -0.25) is 9.36 Å². The molecule has 174 valence electrons. The summed E-state index contributed by atoms with van der Waals surface area (Å²) >= 11 is 5.91. The highest BCUT2D eigenvalue weighted by Gasteiger charge is 2.45. The molecule has 1 N–H and O–H groups in total. The summed E-state index contributed by atoms with van der Waals surface area (Å²) < 4.78 is 38.4. The van der Waals surface area contributed by atoms with Gasteiger partial charge in [0.1, 0.15) is 23.8 Å². The highest BCUT2D eigenvalue weighted by atomic mass is 35.5. The monoisotopic (exact) mass is 491 g/mol. The lowest BCUT2D eigenvalue weighted by molar-refractivity contribution is -0.137. The van der Waals surface area contributed by atoms with Gasteiger partial charge in [-0.2, -0.15) is 0 Å². The van der Waals surface area contributed by atoms with Gasteiger partial charge in [-0.25, -0.2) is 4.67 Å². The van der Waals surface area contributed by atoms with Crippen molar-refractivity contribution in [2.45, 2.75) is 18.6 Å². The molecule has 8 nitrogen and oxygen atoms in total. The van der Waals surface area contributed by atoms with E-state index < -0.39 is 26.1 Å². The van der Waals surface area contributed by atoms with Crippen molar-refractivity contribution in [2.24, 2.45) is 0 Å². The normalized spacial score (nSPS) is 23.7. The van der Waals surface area contributed by atoms with E-state index in [1.165, 1.54) is 18.0 Å². The molecule has 3 unspecified atom stereocenters. The Bertz CT molecular complexity index is 1120. The highest BCUT2D eigenvalue weighted by Crippen LogP contribution is 2.57. The molecule has 3 atom stereocenters. The average molecular weight is 492 g/mol. The van der Waals surface area contributed by atoms with E-state index in [0.717, 1.165) is 0 Å². The van der Waals surface area contributed by atoms with Crippen LogP contribution in [0.3, 0.4) is 0 Å². The second-order valence-electron chi connectivity index (χ2n) is 7.48. The van der Waals surface area contributed by atoms with Crippen molar-refractivity contribution in [2.75, 3.05) is 20.3 Å². The number of carboxylic acids is 1. The molecule has 1 aliphatic rings. The lowest BCUT2D eigenvalue weighted by Gasteiger charge is -2.32. The zero-order valence-corrected chi connectivity index (χ0v) is 19.4. The molecule has 2 aromatic carbocycles. The molecule has 1 aromatic heterocycles. The fourth-order valence-electron chi connectivity index (χ4n) is 3.69. The number of benzene rings is 2. The summed E-state index contributed by atoms with van der Waals surface area (Å²) in [6.07, 6.45) is 1.47. The molecular formula is C23H23ClNO7P. The molecule has 0 bridgehead atoms. The van der Waals surface area contributed by atoms with Crippen LogP contribution in [0.2, 0.25) is 5.02 Å². The first-order valence-corrected chi connectivity index (χ1v) is 12.2.